The average Bonchev–Trinajstić information content (AvgIpc) is 2.32. The van der Waals surface area contributed by atoms with Crippen molar-refractivity contribution < 1.29 is 9.18 Å². The molecule has 0 aliphatic heterocycles. The number of hydrogen-bond donors (Lipinski definition) is 2. The molecule has 0 unspecified atom stereocenters. The largest absolute Gasteiger partial charge is 0.397 e. The first-order valence-corrected chi connectivity index (χ1v) is 4.94. The van der Waals surface area contributed by atoms with Gasteiger partial charge in [-0.1, -0.05) is 12.1 Å². The number of nitrogen functional groups attached to an aromatic ring is 1. The zero-order valence-electron chi connectivity index (χ0n) is 8.85. The summed E-state index contributed by atoms with van der Waals surface area (Å²) in [7, 11) is 0. The molecule has 0 fully saturated rings. The summed E-state index contributed by atoms with van der Waals surface area (Å²) in [5.41, 5.74) is 6.48. The maximum atomic E-state index is 13.3. The van der Waals surface area contributed by atoms with Gasteiger partial charge in [-0.3, -0.25) is 9.78 Å². The lowest BCUT2D eigenvalue weighted by Crippen LogP contribution is -2.14. The smallest absolute Gasteiger partial charge is 0.258 e. The second-order valence-electron chi connectivity index (χ2n) is 3.40. The van der Waals surface area contributed by atoms with Crippen LogP contribution in [0.2, 0.25) is 0 Å². The zero-order valence-corrected chi connectivity index (χ0v) is 8.85. The van der Waals surface area contributed by atoms with E-state index in [1.165, 1.54) is 12.3 Å². The van der Waals surface area contributed by atoms with Crippen LogP contribution >= 0.6 is 0 Å². The minimum absolute atomic E-state index is 0.0664. The first kappa shape index (κ1) is 11.1. The van der Waals surface area contributed by atoms with Gasteiger partial charge in [-0.15, -0.1) is 0 Å². The van der Waals surface area contributed by atoms with Crippen molar-refractivity contribution in [1.29, 1.82) is 0 Å². The molecular weight excluding hydrogens is 221 g/mol. The van der Waals surface area contributed by atoms with Gasteiger partial charge in [0.25, 0.3) is 5.91 Å². The molecule has 3 N–H and O–H groups in total. The van der Waals surface area contributed by atoms with E-state index in [4.69, 9.17) is 5.73 Å². The summed E-state index contributed by atoms with van der Waals surface area (Å²) in [6.07, 6.45) is 2.34. The lowest BCUT2D eigenvalue weighted by molar-refractivity contribution is 0.102. The van der Waals surface area contributed by atoms with Crippen LogP contribution in [-0.4, -0.2) is 10.9 Å². The van der Waals surface area contributed by atoms with Gasteiger partial charge in [0.15, 0.2) is 5.82 Å². The SMILES string of the molecule is Nc1ccccc1NC(=O)c1ccncc1F. The van der Waals surface area contributed by atoms with E-state index in [2.05, 4.69) is 10.3 Å². The number of para-hydroxylation sites is 2. The monoisotopic (exact) mass is 231 g/mol. The standard InChI is InChI=1S/C12H10FN3O/c13-9-7-15-6-5-8(9)12(17)16-11-4-2-1-3-10(11)14/h1-7H,14H2,(H,16,17). The van der Waals surface area contributed by atoms with Gasteiger partial charge in [-0.2, -0.15) is 0 Å². The molecule has 5 heteroatoms. The van der Waals surface area contributed by atoms with Crippen LogP contribution < -0.4 is 11.1 Å². The molecule has 0 aliphatic rings. The number of anilines is 2. The molecule has 1 heterocycles. The summed E-state index contributed by atoms with van der Waals surface area (Å²) in [5.74, 6) is -1.22. The Bertz CT molecular complexity index is 557. The van der Waals surface area contributed by atoms with Crippen LogP contribution in [0.15, 0.2) is 42.7 Å². The summed E-state index contributed by atoms with van der Waals surface area (Å²) in [6, 6.07) is 8.08. The number of amides is 1. The molecule has 17 heavy (non-hydrogen) atoms. The summed E-state index contributed by atoms with van der Waals surface area (Å²) < 4.78 is 13.3. The van der Waals surface area contributed by atoms with Crippen LogP contribution in [0.4, 0.5) is 15.8 Å². The van der Waals surface area contributed by atoms with E-state index in [0.29, 0.717) is 11.4 Å². The van der Waals surface area contributed by atoms with E-state index >= 15 is 0 Å². The van der Waals surface area contributed by atoms with Crippen molar-refractivity contribution in [3.63, 3.8) is 0 Å². The topological polar surface area (TPSA) is 68.0 Å². The van der Waals surface area contributed by atoms with Crippen molar-refractivity contribution in [2.75, 3.05) is 11.1 Å². The predicted molar refractivity (Wildman–Crippen MR) is 63.0 cm³/mol. The number of aromatic nitrogens is 1. The van der Waals surface area contributed by atoms with Crippen molar-refractivity contribution in [3.8, 4) is 0 Å². The number of hydrogen-bond acceptors (Lipinski definition) is 3. The summed E-state index contributed by atoms with van der Waals surface area (Å²) in [5, 5.41) is 2.54. The number of nitrogens with two attached hydrogens (primary N) is 1. The molecule has 0 radical (unpaired) electrons. The molecule has 0 atom stereocenters. The third-order valence-corrected chi connectivity index (χ3v) is 2.23. The van der Waals surface area contributed by atoms with Crippen molar-refractivity contribution in [1.82, 2.24) is 4.98 Å². The highest BCUT2D eigenvalue weighted by molar-refractivity contribution is 6.05. The van der Waals surface area contributed by atoms with Gasteiger partial charge >= 0.3 is 0 Å². The Balaban J connectivity index is 2.24. The Labute approximate surface area is 97.3 Å². The molecule has 0 bridgehead atoms. The Morgan fingerprint density at radius 3 is 2.76 bits per heavy atom. The van der Waals surface area contributed by atoms with Crippen LogP contribution in [0.1, 0.15) is 10.4 Å². The molecule has 0 aliphatic carbocycles. The van der Waals surface area contributed by atoms with Gasteiger partial charge in [-0.05, 0) is 18.2 Å². The maximum absolute atomic E-state index is 13.3. The molecule has 0 spiro atoms. The minimum atomic E-state index is -0.667. The van der Waals surface area contributed by atoms with Crippen molar-refractivity contribution in [2.45, 2.75) is 0 Å². The molecule has 4 nitrogen and oxygen atoms in total. The molecule has 1 amide bonds. The Kier molecular flexibility index (Phi) is 3.00. The number of pyridine rings is 1. The lowest BCUT2D eigenvalue weighted by atomic mass is 10.2. The predicted octanol–water partition coefficient (Wildman–Crippen LogP) is 2.06. The van der Waals surface area contributed by atoms with Gasteiger partial charge in [0.05, 0.1) is 23.1 Å². The molecular formula is C12H10FN3O. The Morgan fingerprint density at radius 1 is 1.29 bits per heavy atom. The van der Waals surface area contributed by atoms with E-state index in [9.17, 15) is 9.18 Å². The number of benzene rings is 1. The van der Waals surface area contributed by atoms with E-state index in [-0.39, 0.29) is 5.56 Å². The fourth-order valence-electron chi connectivity index (χ4n) is 1.36. The lowest BCUT2D eigenvalue weighted by Gasteiger charge is -2.07. The fraction of sp³-hybridized carbons (Fsp3) is 0. The highest BCUT2D eigenvalue weighted by Gasteiger charge is 2.12. The fourth-order valence-corrected chi connectivity index (χ4v) is 1.36. The van der Waals surface area contributed by atoms with Gasteiger partial charge in [0.2, 0.25) is 0 Å². The minimum Gasteiger partial charge on any atom is -0.397 e. The van der Waals surface area contributed by atoms with Gasteiger partial charge in [0.1, 0.15) is 0 Å². The maximum Gasteiger partial charge on any atom is 0.258 e. The van der Waals surface area contributed by atoms with Crippen LogP contribution in [0.3, 0.4) is 0 Å². The van der Waals surface area contributed by atoms with E-state index in [1.807, 2.05) is 0 Å². The number of rotatable bonds is 2. The molecule has 0 saturated carbocycles. The second kappa shape index (κ2) is 4.61. The summed E-state index contributed by atoms with van der Waals surface area (Å²) in [6.45, 7) is 0. The Hall–Kier alpha value is -2.43. The van der Waals surface area contributed by atoms with Crippen LogP contribution in [0.5, 0.6) is 0 Å². The van der Waals surface area contributed by atoms with Gasteiger partial charge in [0, 0.05) is 6.20 Å². The zero-order chi connectivity index (χ0) is 12.3. The van der Waals surface area contributed by atoms with Crippen LogP contribution in [-0.2, 0) is 0 Å². The number of carbonyl (C=O) groups is 1. The third-order valence-electron chi connectivity index (χ3n) is 2.23. The van der Waals surface area contributed by atoms with Gasteiger partial charge < -0.3 is 11.1 Å². The highest BCUT2D eigenvalue weighted by atomic mass is 19.1. The number of nitrogens with zero attached hydrogens (tertiary/aromatic N) is 1. The molecule has 2 aromatic rings. The molecule has 86 valence electrons. The first-order chi connectivity index (χ1) is 8.18. The average molecular weight is 231 g/mol. The van der Waals surface area contributed by atoms with Crippen molar-refractivity contribution in [2.24, 2.45) is 0 Å². The van der Waals surface area contributed by atoms with Crippen LogP contribution in [0, 0.1) is 5.82 Å². The van der Waals surface area contributed by atoms with E-state index < -0.39 is 11.7 Å². The number of carbonyl (C=O) groups excluding carboxylic acids is 1. The highest BCUT2D eigenvalue weighted by Crippen LogP contribution is 2.18. The van der Waals surface area contributed by atoms with Crippen molar-refractivity contribution >= 4 is 17.3 Å². The molecule has 2 rings (SSSR count). The normalized spacial score (nSPS) is 9.94. The molecule has 1 aromatic carbocycles. The quantitative estimate of drug-likeness (QED) is 0.777. The summed E-state index contributed by atoms with van der Waals surface area (Å²) in [4.78, 5) is 15.3. The number of nitrogens with one attached hydrogen (secondary N) is 1. The van der Waals surface area contributed by atoms with Gasteiger partial charge in [-0.25, -0.2) is 4.39 Å². The Morgan fingerprint density at radius 2 is 2.06 bits per heavy atom. The first-order valence-electron chi connectivity index (χ1n) is 4.94. The second-order valence-corrected chi connectivity index (χ2v) is 3.40. The van der Waals surface area contributed by atoms with E-state index in [1.54, 1.807) is 24.3 Å². The van der Waals surface area contributed by atoms with Crippen molar-refractivity contribution in [3.05, 3.63) is 54.1 Å². The third kappa shape index (κ3) is 2.39. The molecule has 1 aromatic heterocycles. The van der Waals surface area contributed by atoms with E-state index in [0.717, 1.165) is 6.20 Å². The van der Waals surface area contributed by atoms with Crippen LogP contribution in [0.25, 0.3) is 0 Å². The number of halogens is 1. The summed E-state index contributed by atoms with van der Waals surface area (Å²) >= 11 is 0. The molecule has 0 saturated heterocycles.